The molecule has 0 aromatic heterocycles. The fraction of sp³-hybridized carbons (Fsp3) is 0.833. The molecule has 0 saturated carbocycles. The third kappa shape index (κ3) is 2.53. The minimum absolute atomic E-state index is 0.143. The van der Waals surface area contributed by atoms with Crippen molar-refractivity contribution in [3.05, 3.63) is 0 Å². The fourth-order valence-corrected chi connectivity index (χ4v) is 1.08. The lowest BCUT2D eigenvalue weighted by Crippen LogP contribution is -2.61. The molecule has 14 heavy (non-hydrogen) atoms. The number of aliphatic hydroxyl groups excluding tert-OH is 3. The summed E-state index contributed by atoms with van der Waals surface area (Å²) < 4.78 is 4.88. The second-order valence-corrected chi connectivity index (χ2v) is 2.94. The first-order valence-electron chi connectivity index (χ1n) is 3.99. The number of carbonyl (C=O) groups is 1. The minimum Gasteiger partial charge on any atom is -0.388 e. The van der Waals surface area contributed by atoms with E-state index in [2.05, 4.69) is 5.43 Å². The van der Waals surface area contributed by atoms with E-state index < -0.39 is 30.6 Å². The van der Waals surface area contributed by atoms with Crippen LogP contribution in [0.2, 0.25) is 0 Å². The molecule has 4 atom stereocenters. The van der Waals surface area contributed by atoms with Gasteiger partial charge in [-0.1, -0.05) is 0 Å². The summed E-state index contributed by atoms with van der Waals surface area (Å²) in [7, 11) is 0. The van der Waals surface area contributed by atoms with Crippen molar-refractivity contribution in [1.29, 1.82) is 0 Å². The van der Waals surface area contributed by atoms with E-state index in [1.165, 1.54) is 0 Å². The van der Waals surface area contributed by atoms with Gasteiger partial charge in [-0.2, -0.15) is 0 Å². The fourth-order valence-electron chi connectivity index (χ4n) is 1.08. The minimum atomic E-state index is -1.34. The van der Waals surface area contributed by atoms with Gasteiger partial charge in [0, 0.05) is 0 Å². The molecule has 1 heterocycles. The Kier molecular flexibility index (Phi) is 3.61. The average molecular weight is 207 g/mol. The Morgan fingerprint density at radius 3 is 2.57 bits per heavy atom. The lowest BCUT2D eigenvalue weighted by molar-refractivity contribution is -0.197. The van der Waals surface area contributed by atoms with Gasteiger partial charge in [0.2, 0.25) is 0 Å². The van der Waals surface area contributed by atoms with Crippen LogP contribution >= 0.6 is 0 Å². The van der Waals surface area contributed by atoms with E-state index in [9.17, 15) is 15.0 Å². The number of hydrogen-bond acceptors (Lipinski definition) is 6. The summed E-state index contributed by atoms with van der Waals surface area (Å²) in [5.41, 5.74) is 9.00. The van der Waals surface area contributed by atoms with Gasteiger partial charge in [-0.3, -0.25) is 5.43 Å². The van der Waals surface area contributed by atoms with Crippen molar-refractivity contribution < 1.29 is 24.9 Å². The van der Waals surface area contributed by atoms with Gasteiger partial charge in [-0.25, -0.2) is 10.2 Å². The first-order chi connectivity index (χ1) is 6.52. The summed E-state index contributed by atoms with van der Waals surface area (Å²) in [6.45, 7) is -0.143. The molecule has 4 unspecified atom stereocenters. The molecule has 0 aromatic rings. The molecule has 0 radical (unpaired) electrons. The predicted molar refractivity (Wildman–Crippen MR) is 43.6 cm³/mol. The number of carbonyl (C=O) groups excluding carboxylic acids is 1. The molecule has 7 N–H and O–H groups in total. The molecule has 0 aliphatic carbocycles. The van der Waals surface area contributed by atoms with Gasteiger partial charge in [0.05, 0.1) is 6.61 Å². The van der Waals surface area contributed by atoms with Crippen molar-refractivity contribution in [2.24, 2.45) is 5.73 Å². The summed E-state index contributed by atoms with van der Waals surface area (Å²) in [5.74, 6) is 0. The largest absolute Gasteiger partial charge is 0.388 e. The van der Waals surface area contributed by atoms with Gasteiger partial charge in [-0.15, -0.1) is 0 Å². The van der Waals surface area contributed by atoms with Gasteiger partial charge in [-0.05, 0) is 0 Å². The third-order valence-electron chi connectivity index (χ3n) is 1.84. The van der Waals surface area contributed by atoms with Gasteiger partial charge in [0.1, 0.15) is 18.3 Å². The highest BCUT2D eigenvalue weighted by Crippen LogP contribution is 2.12. The van der Waals surface area contributed by atoms with Crippen LogP contribution in [0, 0.1) is 0 Å². The quantitative estimate of drug-likeness (QED) is 0.261. The van der Waals surface area contributed by atoms with Crippen LogP contribution in [-0.4, -0.2) is 52.5 Å². The molecular weight excluding hydrogens is 194 g/mol. The molecule has 8 heteroatoms. The predicted octanol–water partition coefficient (Wildman–Crippen LogP) is -3.40. The Morgan fingerprint density at radius 2 is 2.00 bits per heavy atom. The zero-order valence-electron chi connectivity index (χ0n) is 7.25. The van der Waals surface area contributed by atoms with E-state index in [0.717, 1.165) is 0 Å². The number of hydrogen-bond donors (Lipinski definition) is 6. The van der Waals surface area contributed by atoms with Crippen LogP contribution in [0.1, 0.15) is 0 Å². The number of primary amides is 1. The van der Waals surface area contributed by atoms with Crippen molar-refractivity contribution in [2.75, 3.05) is 6.61 Å². The SMILES string of the molecule is NC(=O)NNC1OCC(O)C(O)C1O. The molecule has 0 spiro atoms. The standard InChI is InChI=1S/C6H13N3O5/c7-6(13)9-8-5-4(12)3(11)2(10)1-14-5/h2-5,8,10-12H,1H2,(H3,7,9,13). The molecule has 1 saturated heterocycles. The van der Waals surface area contributed by atoms with Crippen LogP contribution in [-0.2, 0) is 4.74 Å². The van der Waals surface area contributed by atoms with Crippen LogP contribution in [0.15, 0.2) is 0 Å². The lowest BCUT2D eigenvalue weighted by Gasteiger charge is -2.35. The maximum atomic E-state index is 10.3. The number of nitrogens with one attached hydrogen (secondary N) is 2. The Labute approximate surface area is 79.6 Å². The Hall–Kier alpha value is -0.930. The third-order valence-corrected chi connectivity index (χ3v) is 1.84. The summed E-state index contributed by atoms with van der Waals surface area (Å²) in [6, 6.07) is -0.846. The number of urea groups is 1. The van der Waals surface area contributed by atoms with E-state index in [-0.39, 0.29) is 6.61 Å². The first kappa shape index (κ1) is 11.1. The zero-order valence-corrected chi connectivity index (χ0v) is 7.25. The van der Waals surface area contributed by atoms with Crippen LogP contribution in [0.3, 0.4) is 0 Å². The molecule has 0 aromatic carbocycles. The maximum Gasteiger partial charge on any atom is 0.326 e. The highest BCUT2D eigenvalue weighted by molar-refractivity contribution is 5.70. The molecule has 82 valence electrons. The number of rotatable bonds is 2. The Balaban J connectivity index is 2.42. The average Bonchev–Trinajstić information content (AvgIpc) is 2.13. The van der Waals surface area contributed by atoms with Crippen molar-refractivity contribution in [2.45, 2.75) is 24.5 Å². The molecule has 1 fully saturated rings. The molecular formula is C6H13N3O5. The van der Waals surface area contributed by atoms with Crippen molar-refractivity contribution in [1.82, 2.24) is 10.9 Å². The van der Waals surface area contributed by atoms with Crippen LogP contribution in [0.25, 0.3) is 0 Å². The second-order valence-electron chi connectivity index (χ2n) is 2.94. The topological polar surface area (TPSA) is 137 Å². The summed E-state index contributed by atoms with van der Waals surface area (Å²) >= 11 is 0. The molecule has 8 nitrogen and oxygen atoms in total. The van der Waals surface area contributed by atoms with Gasteiger partial charge < -0.3 is 25.8 Å². The van der Waals surface area contributed by atoms with E-state index in [0.29, 0.717) is 0 Å². The number of amides is 2. The van der Waals surface area contributed by atoms with E-state index >= 15 is 0 Å². The second kappa shape index (κ2) is 4.53. The summed E-state index contributed by atoms with van der Waals surface area (Å²) in [5, 5.41) is 27.6. The molecule has 0 bridgehead atoms. The van der Waals surface area contributed by atoms with Crippen LogP contribution in [0.5, 0.6) is 0 Å². The van der Waals surface area contributed by atoms with E-state index in [1.807, 2.05) is 5.43 Å². The van der Waals surface area contributed by atoms with Crippen molar-refractivity contribution in [3.63, 3.8) is 0 Å². The first-order valence-corrected chi connectivity index (χ1v) is 3.99. The Morgan fingerprint density at radius 1 is 1.36 bits per heavy atom. The maximum absolute atomic E-state index is 10.3. The van der Waals surface area contributed by atoms with Gasteiger partial charge in [0.25, 0.3) is 0 Å². The molecule has 1 rings (SSSR count). The Bertz CT molecular complexity index is 214. The molecule has 2 amide bonds. The smallest absolute Gasteiger partial charge is 0.326 e. The van der Waals surface area contributed by atoms with Crippen LogP contribution in [0.4, 0.5) is 4.79 Å². The number of aliphatic hydroxyl groups is 3. The number of ether oxygens (including phenoxy) is 1. The van der Waals surface area contributed by atoms with Crippen molar-refractivity contribution in [3.8, 4) is 0 Å². The lowest BCUT2D eigenvalue weighted by atomic mass is 10.1. The zero-order chi connectivity index (χ0) is 10.7. The highest BCUT2D eigenvalue weighted by atomic mass is 16.5. The highest BCUT2D eigenvalue weighted by Gasteiger charge is 2.37. The monoisotopic (exact) mass is 207 g/mol. The summed E-state index contributed by atoms with van der Waals surface area (Å²) in [4.78, 5) is 10.3. The normalized spacial score (nSPS) is 37.9. The van der Waals surface area contributed by atoms with Gasteiger partial charge in [0.15, 0.2) is 6.23 Å². The van der Waals surface area contributed by atoms with Crippen molar-refractivity contribution >= 4 is 6.03 Å². The summed E-state index contributed by atoms with van der Waals surface area (Å²) in [6.07, 6.45) is -4.81. The van der Waals surface area contributed by atoms with E-state index in [4.69, 9.17) is 15.6 Å². The van der Waals surface area contributed by atoms with E-state index in [1.54, 1.807) is 0 Å². The molecule has 1 aliphatic heterocycles. The van der Waals surface area contributed by atoms with Gasteiger partial charge >= 0.3 is 6.03 Å². The number of nitrogens with two attached hydrogens (primary N) is 1. The number of hydrazine groups is 1. The van der Waals surface area contributed by atoms with Crippen LogP contribution < -0.4 is 16.6 Å². The molecule has 1 aliphatic rings.